The number of benzene rings is 1. The minimum Gasteiger partial charge on any atom is -0.348 e. The normalized spacial score (nSPS) is 12.6. The number of carbonyl (C=O) groups excluding carboxylic acids is 1. The number of hydrogen-bond acceptors (Lipinski definition) is 3. The number of likely N-dealkylation sites (N-methyl/N-ethyl adjacent to an activating group) is 1. The van der Waals surface area contributed by atoms with E-state index < -0.39 is 0 Å². The second kappa shape index (κ2) is 5.40. The highest BCUT2D eigenvalue weighted by atomic mass is 16.2. The summed E-state index contributed by atoms with van der Waals surface area (Å²) in [6, 6.07) is 8.05. The standard InChI is InChI=1S/C14H20N4O/c1-10(15-9-13(19)17(2)3)14-16-11-7-5-6-8-12(11)18(14)4/h5-8,10,15H,9H2,1-4H3. The van der Waals surface area contributed by atoms with Gasteiger partial charge < -0.3 is 9.47 Å². The molecule has 1 unspecified atom stereocenters. The zero-order valence-corrected chi connectivity index (χ0v) is 11.8. The van der Waals surface area contributed by atoms with E-state index in [2.05, 4.69) is 14.9 Å². The fourth-order valence-electron chi connectivity index (χ4n) is 2.04. The van der Waals surface area contributed by atoms with Crippen molar-refractivity contribution in [1.82, 2.24) is 19.8 Å². The predicted molar refractivity (Wildman–Crippen MR) is 75.8 cm³/mol. The summed E-state index contributed by atoms with van der Waals surface area (Å²) in [7, 11) is 5.50. The van der Waals surface area contributed by atoms with Gasteiger partial charge in [-0.2, -0.15) is 0 Å². The second-order valence-electron chi connectivity index (χ2n) is 4.91. The molecule has 102 valence electrons. The summed E-state index contributed by atoms with van der Waals surface area (Å²) >= 11 is 0. The third-order valence-electron chi connectivity index (χ3n) is 3.27. The highest BCUT2D eigenvalue weighted by Gasteiger charge is 2.15. The van der Waals surface area contributed by atoms with Crippen LogP contribution in [0.15, 0.2) is 24.3 Å². The molecule has 2 aromatic rings. The Hall–Kier alpha value is -1.88. The first-order valence-electron chi connectivity index (χ1n) is 6.35. The molecule has 2 rings (SSSR count). The zero-order valence-electron chi connectivity index (χ0n) is 11.8. The van der Waals surface area contributed by atoms with Gasteiger partial charge in [-0.1, -0.05) is 12.1 Å². The van der Waals surface area contributed by atoms with Gasteiger partial charge in [-0.05, 0) is 19.1 Å². The van der Waals surface area contributed by atoms with Crippen LogP contribution in [-0.4, -0.2) is 41.0 Å². The number of aromatic nitrogens is 2. The van der Waals surface area contributed by atoms with Crippen molar-refractivity contribution in [1.29, 1.82) is 0 Å². The monoisotopic (exact) mass is 260 g/mol. The highest BCUT2D eigenvalue weighted by Crippen LogP contribution is 2.18. The number of nitrogens with zero attached hydrogens (tertiary/aromatic N) is 3. The van der Waals surface area contributed by atoms with Crippen LogP contribution in [0.25, 0.3) is 11.0 Å². The number of rotatable bonds is 4. The van der Waals surface area contributed by atoms with Crippen molar-refractivity contribution in [3.05, 3.63) is 30.1 Å². The van der Waals surface area contributed by atoms with Gasteiger partial charge in [-0.3, -0.25) is 10.1 Å². The van der Waals surface area contributed by atoms with Gasteiger partial charge in [0.15, 0.2) is 0 Å². The summed E-state index contributed by atoms with van der Waals surface area (Å²) in [6.07, 6.45) is 0. The van der Waals surface area contributed by atoms with Gasteiger partial charge in [0.1, 0.15) is 5.82 Å². The molecule has 19 heavy (non-hydrogen) atoms. The third kappa shape index (κ3) is 2.76. The molecule has 0 spiro atoms. The Balaban J connectivity index is 2.15. The summed E-state index contributed by atoms with van der Waals surface area (Å²) in [5, 5.41) is 3.21. The van der Waals surface area contributed by atoms with Gasteiger partial charge >= 0.3 is 0 Å². The number of nitrogens with one attached hydrogen (secondary N) is 1. The molecule has 0 saturated heterocycles. The summed E-state index contributed by atoms with van der Waals surface area (Å²) < 4.78 is 2.06. The predicted octanol–water partition coefficient (Wildman–Crippen LogP) is 1.31. The van der Waals surface area contributed by atoms with Crippen LogP contribution in [-0.2, 0) is 11.8 Å². The molecule has 0 fully saturated rings. The molecule has 0 aliphatic heterocycles. The van der Waals surface area contributed by atoms with Gasteiger partial charge in [0.25, 0.3) is 0 Å². The topological polar surface area (TPSA) is 50.2 Å². The van der Waals surface area contributed by atoms with E-state index in [1.54, 1.807) is 19.0 Å². The van der Waals surface area contributed by atoms with Crippen LogP contribution >= 0.6 is 0 Å². The Bertz CT molecular complexity index is 588. The van der Waals surface area contributed by atoms with Crippen LogP contribution in [0.1, 0.15) is 18.8 Å². The number of aryl methyl sites for hydroxylation is 1. The molecule has 5 nitrogen and oxygen atoms in total. The number of fused-ring (bicyclic) bond motifs is 1. The van der Waals surface area contributed by atoms with Crippen molar-refractivity contribution in [3.8, 4) is 0 Å². The van der Waals surface area contributed by atoms with Crippen molar-refractivity contribution < 1.29 is 4.79 Å². The van der Waals surface area contributed by atoms with Gasteiger partial charge in [0.05, 0.1) is 23.6 Å². The van der Waals surface area contributed by atoms with Crippen LogP contribution in [0.2, 0.25) is 0 Å². The van der Waals surface area contributed by atoms with Gasteiger partial charge in [0, 0.05) is 21.1 Å². The van der Waals surface area contributed by atoms with Crippen LogP contribution in [0.3, 0.4) is 0 Å². The quantitative estimate of drug-likeness (QED) is 0.902. The maximum absolute atomic E-state index is 11.6. The van der Waals surface area contributed by atoms with E-state index >= 15 is 0 Å². The Labute approximate surface area is 113 Å². The van der Waals surface area contributed by atoms with Crippen molar-refractivity contribution in [2.45, 2.75) is 13.0 Å². The van der Waals surface area contributed by atoms with Crippen LogP contribution in [0.5, 0.6) is 0 Å². The lowest BCUT2D eigenvalue weighted by molar-refractivity contribution is -0.127. The lowest BCUT2D eigenvalue weighted by Crippen LogP contribution is -2.34. The first kappa shape index (κ1) is 13.5. The maximum Gasteiger partial charge on any atom is 0.236 e. The minimum atomic E-state index is 0.0290. The molecule has 0 aliphatic rings. The van der Waals surface area contributed by atoms with E-state index in [1.165, 1.54) is 0 Å². The Kier molecular flexibility index (Phi) is 3.85. The molecule has 0 aliphatic carbocycles. The maximum atomic E-state index is 11.6. The van der Waals surface area contributed by atoms with Gasteiger partial charge in [0.2, 0.25) is 5.91 Å². The van der Waals surface area contributed by atoms with E-state index in [9.17, 15) is 4.79 Å². The Morgan fingerprint density at radius 2 is 2.11 bits per heavy atom. The van der Waals surface area contributed by atoms with E-state index in [0.29, 0.717) is 6.54 Å². The van der Waals surface area contributed by atoms with Crippen LogP contribution in [0.4, 0.5) is 0 Å². The SMILES string of the molecule is CC(NCC(=O)N(C)C)c1nc2ccccc2n1C. The summed E-state index contributed by atoms with van der Waals surface area (Å²) in [4.78, 5) is 17.8. The Morgan fingerprint density at radius 1 is 1.42 bits per heavy atom. The summed E-state index contributed by atoms with van der Waals surface area (Å²) in [6.45, 7) is 2.33. The molecule has 1 heterocycles. The average molecular weight is 260 g/mol. The van der Waals surface area contributed by atoms with Crippen molar-refractivity contribution in [3.63, 3.8) is 0 Å². The average Bonchev–Trinajstić information content (AvgIpc) is 2.73. The molecule has 1 aromatic heterocycles. The lowest BCUT2D eigenvalue weighted by atomic mass is 10.3. The minimum absolute atomic E-state index is 0.0290. The van der Waals surface area contributed by atoms with Crippen molar-refractivity contribution in [2.24, 2.45) is 7.05 Å². The van der Waals surface area contributed by atoms with E-state index in [-0.39, 0.29) is 11.9 Å². The first-order chi connectivity index (χ1) is 9.00. The van der Waals surface area contributed by atoms with Crippen LogP contribution < -0.4 is 5.32 Å². The van der Waals surface area contributed by atoms with E-state index in [4.69, 9.17) is 0 Å². The van der Waals surface area contributed by atoms with Gasteiger partial charge in [-0.25, -0.2) is 4.98 Å². The van der Waals surface area contributed by atoms with Crippen molar-refractivity contribution >= 4 is 16.9 Å². The molecule has 1 aromatic carbocycles. The Morgan fingerprint density at radius 3 is 2.74 bits per heavy atom. The van der Waals surface area contributed by atoms with Gasteiger partial charge in [-0.15, -0.1) is 0 Å². The molecule has 0 bridgehead atoms. The molecule has 1 atom stereocenters. The lowest BCUT2D eigenvalue weighted by Gasteiger charge is -2.16. The number of amides is 1. The number of para-hydroxylation sites is 2. The van der Waals surface area contributed by atoms with Crippen molar-refractivity contribution in [2.75, 3.05) is 20.6 Å². The molecule has 1 amide bonds. The first-order valence-corrected chi connectivity index (χ1v) is 6.35. The fourth-order valence-corrected chi connectivity index (χ4v) is 2.04. The molecular weight excluding hydrogens is 240 g/mol. The molecular formula is C14H20N4O. The third-order valence-corrected chi connectivity index (χ3v) is 3.27. The summed E-state index contributed by atoms with van der Waals surface area (Å²) in [5.74, 6) is 0.998. The van der Waals surface area contributed by atoms with E-state index in [1.807, 2.05) is 38.2 Å². The second-order valence-corrected chi connectivity index (χ2v) is 4.91. The number of imidazole rings is 1. The number of hydrogen-bond donors (Lipinski definition) is 1. The largest absolute Gasteiger partial charge is 0.348 e. The molecule has 1 N–H and O–H groups in total. The molecule has 5 heteroatoms. The molecule has 0 saturated carbocycles. The fraction of sp³-hybridized carbons (Fsp3) is 0.429. The van der Waals surface area contributed by atoms with E-state index in [0.717, 1.165) is 16.9 Å². The van der Waals surface area contributed by atoms with Crippen LogP contribution in [0, 0.1) is 0 Å². The highest BCUT2D eigenvalue weighted by molar-refractivity contribution is 5.78. The smallest absolute Gasteiger partial charge is 0.236 e. The summed E-state index contributed by atoms with van der Waals surface area (Å²) in [5.41, 5.74) is 2.08. The zero-order chi connectivity index (χ0) is 14.0. The molecule has 0 radical (unpaired) electrons. The number of carbonyl (C=O) groups is 1.